The molecule has 0 atom stereocenters. The van der Waals surface area contributed by atoms with Crippen LogP contribution in [0, 0.1) is 19.3 Å². The van der Waals surface area contributed by atoms with Crippen molar-refractivity contribution in [1.82, 2.24) is 0 Å². The molecule has 84 valence electrons. The molecule has 0 radical (unpaired) electrons. The molecule has 0 fully saturated rings. The summed E-state index contributed by atoms with van der Waals surface area (Å²) in [6.07, 6.45) is 4.87. The zero-order valence-electron chi connectivity index (χ0n) is 8.52. The van der Waals surface area contributed by atoms with E-state index < -0.39 is 15.9 Å². The predicted molar refractivity (Wildman–Crippen MR) is 60.0 cm³/mol. The fraction of sp³-hybridized carbons (Fsp3) is 0.100. The van der Waals surface area contributed by atoms with Crippen LogP contribution in [0.3, 0.4) is 0 Å². The molecule has 5 nitrogen and oxygen atoms in total. The summed E-state index contributed by atoms with van der Waals surface area (Å²) in [5.74, 6) is 1.21. The Balaban J connectivity index is 3.20. The highest BCUT2D eigenvalue weighted by Crippen LogP contribution is 2.18. The number of rotatable bonds is 2. The lowest BCUT2D eigenvalue weighted by Gasteiger charge is -2.06. The number of terminal acetylenes is 1. The van der Waals surface area contributed by atoms with E-state index >= 15 is 0 Å². The number of aryl methyl sites for hydroxylation is 1. The highest BCUT2D eigenvalue weighted by atomic mass is 32.2. The second kappa shape index (κ2) is 4.35. The molecule has 0 bridgehead atoms. The van der Waals surface area contributed by atoms with E-state index in [1.54, 1.807) is 13.0 Å². The largest absolute Gasteiger partial charge is 0.315 e. The molecule has 1 amide bonds. The molecule has 1 aromatic rings. The molecule has 0 spiro atoms. The Bertz CT molecular complexity index is 570. The summed E-state index contributed by atoms with van der Waals surface area (Å²) in [7, 11) is -3.80. The number of hydrogen-bond donors (Lipinski definition) is 2. The van der Waals surface area contributed by atoms with Crippen LogP contribution in [0.15, 0.2) is 23.1 Å². The fourth-order valence-electron chi connectivity index (χ4n) is 1.15. The van der Waals surface area contributed by atoms with Crippen LogP contribution in [-0.4, -0.2) is 14.3 Å². The maximum absolute atomic E-state index is 11.2. The number of anilines is 1. The van der Waals surface area contributed by atoms with Crippen molar-refractivity contribution >= 4 is 21.6 Å². The number of carbonyl (C=O) groups excluding carboxylic acids is 1. The van der Waals surface area contributed by atoms with E-state index in [-0.39, 0.29) is 10.6 Å². The van der Waals surface area contributed by atoms with E-state index in [0.29, 0.717) is 5.56 Å². The van der Waals surface area contributed by atoms with Gasteiger partial charge in [0, 0.05) is 5.69 Å². The van der Waals surface area contributed by atoms with Gasteiger partial charge in [-0.25, -0.2) is 13.6 Å². The molecular weight excluding hydrogens is 228 g/mol. The number of benzene rings is 1. The van der Waals surface area contributed by atoms with E-state index in [9.17, 15) is 13.2 Å². The number of amides is 1. The van der Waals surface area contributed by atoms with Gasteiger partial charge >= 0.3 is 0 Å². The highest BCUT2D eigenvalue weighted by molar-refractivity contribution is 7.89. The summed E-state index contributed by atoms with van der Waals surface area (Å²) in [6.45, 7) is 1.60. The molecule has 0 aliphatic carbocycles. The normalized spacial score (nSPS) is 10.6. The molecule has 0 aliphatic rings. The zero-order chi connectivity index (χ0) is 12.3. The molecule has 1 aromatic carbocycles. The van der Waals surface area contributed by atoms with Crippen LogP contribution in [0.2, 0.25) is 0 Å². The Morgan fingerprint density at radius 1 is 1.50 bits per heavy atom. The summed E-state index contributed by atoms with van der Waals surface area (Å²) >= 11 is 0. The van der Waals surface area contributed by atoms with Gasteiger partial charge in [0.1, 0.15) is 0 Å². The number of sulfonamides is 1. The molecule has 0 heterocycles. The summed E-state index contributed by atoms with van der Waals surface area (Å²) in [5.41, 5.74) is 0.791. The average Bonchev–Trinajstić information content (AvgIpc) is 2.19. The molecule has 1 rings (SSSR count). The van der Waals surface area contributed by atoms with Gasteiger partial charge < -0.3 is 5.32 Å². The minimum atomic E-state index is -3.80. The van der Waals surface area contributed by atoms with E-state index in [4.69, 9.17) is 11.6 Å². The first-order valence-corrected chi connectivity index (χ1v) is 5.80. The first-order valence-electron chi connectivity index (χ1n) is 4.25. The summed E-state index contributed by atoms with van der Waals surface area (Å²) in [6, 6.07) is 4.34. The SMILES string of the molecule is C#CC(=O)Nc1ccc(C)c(S(N)(=O)=O)c1. The predicted octanol–water partition coefficient (Wildman–Crippen LogP) is 0.214. The lowest BCUT2D eigenvalue weighted by atomic mass is 10.2. The second-order valence-electron chi connectivity index (χ2n) is 3.12. The number of nitrogens with one attached hydrogen (secondary N) is 1. The van der Waals surface area contributed by atoms with Gasteiger partial charge in [0.05, 0.1) is 4.90 Å². The quantitative estimate of drug-likeness (QED) is 0.722. The van der Waals surface area contributed by atoms with Crippen molar-refractivity contribution in [1.29, 1.82) is 0 Å². The number of hydrogen-bond acceptors (Lipinski definition) is 3. The number of nitrogens with two attached hydrogens (primary N) is 1. The fourth-order valence-corrected chi connectivity index (χ4v) is 1.96. The van der Waals surface area contributed by atoms with Gasteiger partial charge in [-0.3, -0.25) is 4.79 Å². The van der Waals surface area contributed by atoms with Crippen molar-refractivity contribution in [2.24, 2.45) is 5.14 Å². The summed E-state index contributed by atoms with van der Waals surface area (Å²) < 4.78 is 22.4. The van der Waals surface area contributed by atoms with Gasteiger partial charge in [-0.1, -0.05) is 6.07 Å². The van der Waals surface area contributed by atoms with Gasteiger partial charge in [0.2, 0.25) is 10.0 Å². The second-order valence-corrected chi connectivity index (χ2v) is 4.65. The third-order valence-electron chi connectivity index (χ3n) is 1.88. The van der Waals surface area contributed by atoms with Crippen LogP contribution < -0.4 is 10.5 Å². The number of carbonyl (C=O) groups is 1. The molecule has 16 heavy (non-hydrogen) atoms. The molecular formula is C10H10N2O3S. The maximum atomic E-state index is 11.2. The highest BCUT2D eigenvalue weighted by Gasteiger charge is 2.12. The van der Waals surface area contributed by atoms with E-state index in [1.165, 1.54) is 12.1 Å². The van der Waals surface area contributed by atoms with Crippen LogP contribution in [-0.2, 0) is 14.8 Å². The van der Waals surface area contributed by atoms with Crippen LogP contribution in [0.25, 0.3) is 0 Å². The molecule has 3 N–H and O–H groups in total. The van der Waals surface area contributed by atoms with Crippen molar-refractivity contribution in [2.75, 3.05) is 5.32 Å². The van der Waals surface area contributed by atoms with Crippen molar-refractivity contribution in [3.05, 3.63) is 23.8 Å². The van der Waals surface area contributed by atoms with E-state index in [0.717, 1.165) is 0 Å². The van der Waals surface area contributed by atoms with Gasteiger partial charge in [0.25, 0.3) is 5.91 Å². The maximum Gasteiger partial charge on any atom is 0.300 e. The molecule has 0 unspecified atom stereocenters. The Kier molecular flexibility index (Phi) is 3.32. The van der Waals surface area contributed by atoms with Crippen LogP contribution in [0.4, 0.5) is 5.69 Å². The van der Waals surface area contributed by atoms with Crippen molar-refractivity contribution in [2.45, 2.75) is 11.8 Å². The Hall–Kier alpha value is -1.84. The van der Waals surface area contributed by atoms with E-state index in [1.807, 2.05) is 5.92 Å². The number of primary sulfonamides is 1. The third-order valence-corrected chi connectivity index (χ3v) is 2.94. The zero-order valence-corrected chi connectivity index (χ0v) is 9.34. The van der Waals surface area contributed by atoms with Crippen molar-refractivity contribution < 1.29 is 13.2 Å². The lowest BCUT2D eigenvalue weighted by Crippen LogP contribution is -2.15. The Morgan fingerprint density at radius 2 is 2.12 bits per heavy atom. The van der Waals surface area contributed by atoms with Gasteiger partial charge in [-0.2, -0.15) is 0 Å². The van der Waals surface area contributed by atoms with Gasteiger partial charge in [-0.05, 0) is 30.5 Å². The van der Waals surface area contributed by atoms with Gasteiger partial charge in [-0.15, -0.1) is 6.42 Å². The van der Waals surface area contributed by atoms with Gasteiger partial charge in [0.15, 0.2) is 0 Å². The van der Waals surface area contributed by atoms with Crippen LogP contribution in [0.1, 0.15) is 5.56 Å². The average molecular weight is 238 g/mol. The molecule has 0 saturated carbocycles. The first-order chi connectivity index (χ1) is 7.34. The van der Waals surface area contributed by atoms with E-state index in [2.05, 4.69) is 5.32 Å². The Labute approximate surface area is 93.7 Å². The summed E-state index contributed by atoms with van der Waals surface area (Å²) in [5, 5.41) is 7.35. The molecule has 0 aromatic heterocycles. The molecule has 0 aliphatic heterocycles. The molecule has 0 saturated heterocycles. The smallest absolute Gasteiger partial charge is 0.300 e. The van der Waals surface area contributed by atoms with Crippen LogP contribution in [0.5, 0.6) is 0 Å². The Morgan fingerprint density at radius 3 is 2.62 bits per heavy atom. The lowest BCUT2D eigenvalue weighted by molar-refractivity contribution is -0.111. The minimum Gasteiger partial charge on any atom is -0.315 e. The standard InChI is InChI=1S/C10H10N2O3S/c1-3-10(13)12-8-5-4-7(2)9(6-8)16(11,14)15/h1,4-6H,2H3,(H,12,13)(H2,11,14,15). The monoisotopic (exact) mass is 238 g/mol. The first kappa shape index (κ1) is 12.2. The third kappa shape index (κ3) is 2.82. The van der Waals surface area contributed by atoms with Crippen molar-refractivity contribution in [3.63, 3.8) is 0 Å². The minimum absolute atomic E-state index is 0.0395. The topological polar surface area (TPSA) is 89.3 Å². The van der Waals surface area contributed by atoms with Crippen LogP contribution >= 0.6 is 0 Å². The van der Waals surface area contributed by atoms with Crippen molar-refractivity contribution in [3.8, 4) is 12.3 Å². The summed E-state index contributed by atoms with van der Waals surface area (Å²) in [4.78, 5) is 10.9. The molecule has 6 heteroatoms.